The standard InChI is InChI=1S/C33H28N4O7S.K.H/c1-4-22-16-25-30(39)36(18-26(38)21-13-14-27(42-2)28(15-21)43-3)33(41)37(31(25)45-22)17-19-9-11-20(12-10-19)23-7-5-6-8-24(23)29-34-32(40)44-35-29;;/h5-16H,4,17-18H2,1-3H3,(H,34,35,40);;/q;+1;-1. The Balaban J connectivity index is 0.00000250. The Morgan fingerprint density at radius 1 is 0.935 bits per heavy atom. The fourth-order valence-corrected chi connectivity index (χ4v) is 6.29. The fourth-order valence-electron chi connectivity index (χ4n) is 5.21. The van der Waals surface area contributed by atoms with Crippen molar-refractivity contribution in [2.24, 2.45) is 0 Å². The molecule has 0 aliphatic rings. The van der Waals surface area contributed by atoms with Crippen molar-refractivity contribution in [1.82, 2.24) is 19.3 Å². The van der Waals surface area contributed by atoms with Gasteiger partial charge in [-0.15, -0.1) is 11.3 Å². The van der Waals surface area contributed by atoms with E-state index in [1.54, 1.807) is 22.8 Å². The van der Waals surface area contributed by atoms with Crippen LogP contribution in [0.1, 0.15) is 29.1 Å². The summed E-state index contributed by atoms with van der Waals surface area (Å²) in [5.74, 6) is 0.0993. The topological polar surface area (TPSA) is 138 Å². The van der Waals surface area contributed by atoms with Crippen LogP contribution in [0.15, 0.2) is 91.7 Å². The number of aryl methyl sites for hydroxylation is 1. The Labute approximate surface area is 310 Å². The summed E-state index contributed by atoms with van der Waals surface area (Å²) in [7, 11) is 2.96. The van der Waals surface area contributed by atoms with E-state index in [0.717, 1.165) is 26.1 Å². The van der Waals surface area contributed by atoms with Crippen LogP contribution in [0.3, 0.4) is 0 Å². The van der Waals surface area contributed by atoms with E-state index >= 15 is 0 Å². The molecule has 0 unspecified atom stereocenters. The number of benzene rings is 3. The van der Waals surface area contributed by atoms with Gasteiger partial charge in [0.05, 0.1) is 32.7 Å². The molecule has 3 aromatic carbocycles. The van der Waals surface area contributed by atoms with Crippen LogP contribution in [0, 0.1) is 0 Å². The van der Waals surface area contributed by atoms with Crippen LogP contribution >= 0.6 is 11.3 Å². The molecule has 0 radical (unpaired) electrons. The van der Waals surface area contributed by atoms with Gasteiger partial charge in [-0.3, -0.25) is 28.2 Å². The zero-order chi connectivity index (χ0) is 31.7. The van der Waals surface area contributed by atoms with Gasteiger partial charge >= 0.3 is 62.8 Å². The number of thiophene rings is 1. The maximum Gasteiger partial charge on any atom is 1.00 e. The van der Waals surface area contributed by atoms with Crippen LogP contribution in [-0.2, 0) is 19.5 Å². The monoisotopic (exact) mass is 664 g/mol. The van der Waals surface area contributed by atoms with Crippen LogP contribution < -0.4 is 77.9 Å². The van der Waals surface area contributed by atoms with Crippen molar-refractivity contribution in [2.45, 2.75) is 26.4 Å². The van der Waals surface area contributed by atoms with Gasteiger partial charge in [0.15, 0.2) is 23.1 Å². The number of hydrogen-bond acceptors (Lipinski definition) is 9. The van der Waals surface area contributed by atoms with Gasteiger partial charge in [0.2, 0.25) is 0 Å². The third-order valence-corrected chi connectivity index (χ3v) is 8.83. The van der Waals surface area contributed by atoms with E-state index in [-0.39, 0.29) is 64.9 Å². The van der Waals surface area contributed by atoms with E-state index in [9.17, 15) is 19.2 Å². The SMILES string of the molecule is CCc1cc2c(=O)n(CC(=O)c3ccc(OC)c(OC)c3)c(=O)n(Cc3ccc(-c4ccccc4-c4noc(=O)[nH]4)cc3)c2s1.[H-].[K+]. The number of nitrogens with one attached hydrogen (secondary N) is 1. The maximum absolute atomic E-state index is 13.9. The van der Waals surface area contributed by atoms with E-state index in [4.69, 9.17) is 9.47 Å². The van der Waals surface area contributed by atoms with Crippen molar-refractivity contribution in [1.29, 1.82) is 0 Å². The van der Waals surface area contributed by atoms with Crippen LogP contribution in [0.4, 0.5) is 0 Å². The molecule has 0 saturated heterocycles. The predicted molar refractivity (Wildman–Crippen MR) is 172 cm³/mol. The Morgan fingerprint density at radius 2 is 1.65 bits per heavy atom. The molecule has 11 nitrogen and oxygen atoms in total. The molecule has 3 aromatic heterocycles. The smallest absolute Gasteiger partial charge is 1.00 e. The van der Waals surface area contributed by atoms with Crippen molar-refractivity contribution in [3.05, 3.63) is 120 Å². The minimum absolute atomic E-state index is 0. The molecule has 6 aromatic rings. The van der Waals surface area contributed by atoms with Crippen LogP contribution in [-0.4, -0.2) is 39.3 Å². The number of carbonyl (C=O) groups is 1. The fraction of sp³-hybridized carbons (Fsp3) is 0.182. The number of ether oxygens (including phenoxy) is 2. The number of carbonyl (C=O) groups excluding carboxylic acids is 1. The molecule has 0 amide bonds. The Morgan fingerprint density at radius 3 is 2.30 bits per heavy atom. The number of aromatic nitrogens is 4. The molecular weight excluding hydrogens is 636 g/mol. The van der Waals surface area contributed by atoms with E-state index in [1.807, 2.05) is 55.5 Å². The number of ketones is 1. The number of Topliss-reactive ketones (excluding diaryl/α,β-unsaturated/α-hetero) is 1. The average molecular weight is 665 g/mol. The van der Waals surface area contributed by atoms with Gasteiger partial charge < -0.3 is 10.9 Å². The second kappa shape index (κ2) is 14.3. The Bertz CT molecular complexity index is 2240. The van der Waals surface area contributed by atoms with Gasteiger partial charge in [0.25, 0.3) is 5.56 Å². The molecule has 0 saturated carbocycles. The van der Waals surface area contributed by atoms with Crippen LogP contribution in [0.2, 0.25) is 0 Å². The summed E-state index contributed by atoms with van der Waals surface area (Å²) in [5, 5.41) is 4.21. The number of methoxy groups -OCH3 is 2. The molecule has 0 atom stereocenters. The minimum atomic E-state index is -0.640. The number of nitrogens with zero attached hydrogens (tertiary/aromatic N) is 3. The van der Waals surface area contributed by atoms with Crippen LogP contribution in [0.25, 0.3) is 32.7 Å². The van der Waals surface area contributed by atoms with E-state index in [1.165, 1.54) is 31.6 Å². The van der Waals surface area contributed by atoms with E-state index in [2.05, 4.69) is 14.7 Å². The summed E-state index contributed by atoms with van der Waals surface area (Å²) in [5.41, 5.74) is 2.43. The number of rotatable bonds is 10. The molecule has 230 valence electrons. The summed E-state index contributed by atoms with van der Waals surface area (Å²) in [6.45, 7) is 1.74. The second-order valence-electron chi connectivity index (χ2n) is 10.2. The largest absolute Gasteiger partial charge is 1.00 e. The molecule has 0 spiro atoms. The first-order chi connectivity index (χ1) is 21.8. The van der Waals surface area contributed by atoms with Gasteiger partial charge in [0, 0.05) is 16.0 Å². The Kier molecular flexibility index (Phi) is 10.4. The molecule has 0 aliphatic carbocycles. The number of fused-ring (bicyclic) bond motifs is 1. The molecular formula is C33H29KN4O7S. The minimum Gasteiger partial charge on any atom is -1.00 e. The Hall–Kier alpha value is -3.85. The molecule has 0 fully saturated rings. The van der Waals surface area contributed by atoms with E-state index in [0.29, 0.717) is 39.5 Å². The van der Waals surface area contributed by atoms with Crippen molar-refractivity contribution < 1.29 is 71.6 Å². The number of H-pyrrole nitrogens is 1. The van der Waals surface area contributed by atoms with E-state index < -0.39 is 29.3 Å². The van der Waals surface area contributed by atoms with Crippen LogP contribution in [0.5, 0.6) is 11.5 Å². The summed E-state index contributed by atoms with van der Waals surface area (Å²) in [4.78, 5) is 56.4. The van der Waals surface area contributed by atoms with Gasteiger partial charge in [0.1, 0.15) is 4.83 Å². The molecule has 13 heteroatoms. The third kappa shape index (κ3) is 6.52. The molecule has 0 bridgehead atoms. The summed E-state index contributed by atoms with van der Waals surface area (Å²) in [6, 6.07) is 21.6. The first-order valence-electron chi connectivity index (χ1n) is 14.1. The zero-order valence-corrected chi connectivity index (χ0v) is 29.6. The third-order valence-electron chi connectivity index (χ3n) is 7.53. The summed E-state index contributed by atoms with van der Waals surface area (Å²) >= 11 is 1.40. The molecule has 6 rings (SSSR count). The van der Waals surface area contributed by atoms with Gasteiger partial charge in [-0.1, -0.05) is 60.6 Å². The summed E-state index contributed by atoms with van der Waals surface area (Å²) in [6.07, 6.45) is 0.697. The quantitative estimate of drug-likeness (QED) is 0.173. The zero-order valence-electron chi connectivity index (χ0n) is 26.7. The first-order valence-corrected chi connectivity index (χ1v) is 14.9. The van der Waals surface area contributed by atoms with Gasteiger partial charge in [-0.2, -0.15) is 0 Å². The molecule has 3 heterocycles. The molecule has 0 aliphatic heterocycles. The first kappa shape index (κ1) is 33.5. The maximum atomic E-state index is 13.9. The van der Waals surface area contributed by atoms with Crippen molar-refractivity contribution in [3.63, 3.8) is 0 Å². The van der Waals surface area contributed by atoms with Crippen molar-refractivity contribution in [2.75, 3.05) is 14.2 Å². The summed E-state index contributed by atoms with van der Waals surface area (Å²) < 4.78 is 17.8. The number of hydrogen-bond donors (Lipinski definition) is 1. The average Bonchev–Trinajstić information content (AvgIpc) is 3.71. The molecule has 46 heavy (non-hydrogen) atoms. The van der Waals surface area contributed by atoms with Gasteiger partial charge in [-0.05, 0) is 47.4 Å². The number of aromatic amines is 1. The van der Waals surface area contributed by atoms with Crippen molar-refractivity contribution in [3.8, 4) is 34.0 Å². The second-order valence-corrected chi connectivity index (χ2v) is 11.3. The molecule has 1 N–H and O–H groups in total. The predicted octanol–water partition coefficient (Wildman–Crippen LogP) is 1.86. The van der Waals surface area contributed by atoms with Crippen molar-refractivity contribution >= 4 is 27.3 Å². The normalized spacial score (nSPS) is 10.9. The van der Waals surface area contributed by atoms with Gasteiger partial charge in [-0.25, -0.2) is 9.59 Å².